The maximum Gasteiger partial charge on any atom is 0.338 e. The van der Waals surface area contributed by atoms with Crippen molar-refractivity contribution in [3.05, 3.63) is 75.5 Å². The average molecular weight is 477 g/mol. The topological polar surface area (TPSA) is 131 Å². The molecule has 0 amide bonds. The number of methoxy groups -OCH3 is 1. The van der Waals surface area contributed by atoms with Gasteiger partial charge in [0.25, 0.3) is 0 Å². The number of allylic oxidation sites excluding steroid dienone is 1. The largest absolute Gasteiger partial charge is 0.497 e. The van der Waals surface area contributed by atoms with Gasteiger partial charge in [-0.2, -0.15) is 10.5 Å². The summed E-state index contributed by atoms with van der Waals surface area (Å²) in [6.45, 7) is 5.54. The predicted molar refractivity (Wildman–Crippen MR) is 126 cm³/mol. The molecule has 1 aliphatic rings. The van der Waals surface area contributed by atoms with Gasteiger partial charge in [-0.15, -0.1) is 0 Å². The van der Waals surface area contributed by atoms with E-state index in [2.05, 4.69) is 17.1 Å². The number of hydrogen-bond donors (Lipinski definition) is 1. The van der Waals surface area contributed by atoms with Gasteiger partial charge in [0.15, 0.2) is 0 Å². The van der Waals surface area contributed by atoms with Crippen LogP contribution in [0.5, 0.6) is 5.75 Å². The molecule has 0 radical (unpaired) electrons. The van der Waals surface area contributed by atoms with Gasteiger partial charge >= 0.3 is 5.97 Å². The number of thioether (sulfide) groups is 1. The molecule has 0 saturated carbocycles. The summed E-state index contributed by atoms with van der Waals surface area (Å²) in [6, 6.07) is 13.1. The predicted octanol–water partition coefficient (Wildman–Crippen LogP) is 4.00. The van der Waals surface area contributed by atoms with E-state index in [0.717, 1.165) is 11.3 Å². The molecule has 1 aromatic heterocycles. The lowest BCUT2D eigenvalue weighted by Crippen LogP contribution is -2.27. The van der Waals surface area contributed by atoms with Gasteiger partial charge in [-0.3, -0.25) is 0 Å². The maximum absolute atomic E-state index is 13.1. The first-order chi connectivity index (χ1) is 16.3. The summed E-state index contributed by atoms with van der Waals surface area (Å²) in [4.78, 5) is 17.6. The fourth-order valence-corrected chi connectivity index (χ4v) is 4.71. The fourth-order valence-electron chi connectivity index (χ4n) is 3.66. The summed E-state index contributed by atoms with van der Waals surface area (Å²) in [5, 5.41) is 19.9. The maximum atomic E-state index is 13.1. The number of pyridine rings is 1. The number of ether oxygens (including phenoxy) is 3. The molecular formula is C25H24N4O4S. The first-order valence-corrected chi connectivity index (χ1v) is 11.5. The lowest BCUT2D eigenvalue weighted by molar-refractivity contribution is -0.139. The molecule has 0 bridgehead atoms. The third-order valence-corrected chi connectivity index (χ3v) is 6.18. The molecule has 2 heterocycles. The molecule has 1 atom stereocenters. The summed E-state index contributed by atoms with van der Waals surface area (Å²) in [6.07, 6.45) is 0. The minimum atomic E-state index is -0.776. The molecule has 174 valence electrons. The van der Waals surface area contributed by atoms with Gasteiger partial charge < -0.3 is 19.9 Å². The van der Waals surface area contributed by atoms with Crippen LogP contribution in [0.3, 0.4) is 0 Å². The monoisotopic (exact) mass is 476 g/mol. The molecule has 1 aromatic carbocycles. The number of nitriles is 2. The first-order valence-electron chi connectivity index (χ1n) is 10.5. The number of aromatic nitrogens is 1. The molecule has 34 heavy (non-hydrogen) atoms. The van der Waals surface area contributed by atoms with Crippen molar-refractivity contribution in [2.75, 3.05) is 19.5 Å². The number of nitrogens with zero attached hydrogens (tertiary/aromatic N) is 3. The van der Waals surface area contributed by atoms with Crippen LogP contribution in [0.1, 0.15) is 35.2 Å². The van der Waals surface area contributed by atoms with Gasteiger partial charge in [0.1, 0.15) is 34.2 Å². The molecule has 0 aliphatic carbocycles. The highest BCUT2D eigenvalue weighted by atomic mass is 32.2. The third-order valence-electron chi connectivity index (χ3n) is 5.20. The SMILES string of the molecule is CCOC(=O)C1=C(CSc2nc(C)cc(C)c2C#N)OC(N)=C(C#N)[C@@H]1c1ccc(OC)cc1. The number of aryl methyl sites for hydroxylation is 2. The number of rotatable bonds is 7. The van der Waals surface area contributed by atoms with Crippen LogP contribution in [0.4, 0.5) is 0 Å². The van der Waals surface area contributed by atoms with Crippen molar-refractivity contribution in [1.29, 1.82) is 10.5 Å². The normalized spacial score (nSPS) is 15.3. The molecule has 0 saturated heterocycles. The Morgan fingerprint density at radius 2 is 1.94 bits per heavy atom. The number of carbonyl (C=O) groups is 1. The molecule has 2 aromatic rings. The van der Waals surface area contributed by atoms with Crippen molar-refractivity contribution in [2.24, 2.45) is 5.73 Å². The summed E-state index contributed by atoms with van der Waals surface area (Å²) < 4.78 is 16.3. The van der Waals surface area contributed by atoms with Crippen LogP contribution in [0.15, 0.2) is 58.1 Å². The van der Waals surface area contributed by atoms with Gasteiger partial charge in [0.05, 0.1) is 36.5 Å². The Morgan fingerprint density at radius 1 is 1.24 bits per heavy atom. The molecule has 0 spiro atoms. The van der Waals surface area contributed by atoms with E-state index in [1.165, 1.54) is 11.8 Å². The second-order valence-electron chi connectivity index (χ2n) is 7.42. The highest BCUT2D eigenvalue weighted by Gasteiger charge is 2.37. The van der Waals surface area contributed by atoms with Crippen molar-refractivity contribution in [3.63, 3.8) is 0 Å². The molecule has 0 unspecified atom stereocenters. The summed E-state index contributed by atoms with van der Waals surface area (Å²) in [7, 11) is 1.55. The van der Waals surface area contributed by atoms with E-state index < -0.39 is 11.9 Å². The number of nitrogens with two attached hydrogens (primary N) is 1. The lowest BCUT2D eigenvalue weighted by atomic mass is 9.83. The van der Waals surface area contributed by atoms with Crippen LogP contribution in [-0.2, 0) is 14.3 Å². The molecular weight excluding hydrogens is 452 g/mol. The average Bonchev–Trinajstić information content (AvgIpc) is 2.82. The van der Waals surface area contributed by atoms with Crippen LogP contribution in [0.2, 0.25) is 0 Å². The summed E-state index contributed by atoms with van der Waals surface area (Å²) >= 11 is 1.25. The van der Waals surface area contributed by atoms with Crippen LogP contribution >= 0.6 is 11.8 Å². The van der Waals surface area contributed by atoms with E-state index in [9.17, 15) is 15.3 Å². The van der Waals surface area contributed by atoms with Gasteiger partial charge in [-0.25, -0.2) is 9.78 Å². The number of hydrogen-bond acceptors (Lipinski definition) is 9. The van der Waals surface area contributed by atoms with Gasteiger partial charge in [-0.1, -0.05) is 23.9 Å². The quantitative estimate of drug-likeness (QED) is 0.465. The smallest absolute Gasteiger partial charge is 0.338 e. The molecule has 1 aliphatic heterocycles. The van der Waals surface area contributed by atoms with Crippen molar-refractivity contribution < 1.29 is 19.0 Å². The minimum absolute atomic E-state index is 0.0825. The van der Waals surface area contributed by atoms with Crippen LogP contribution < -0.4 is 10.5 Å². The molecule has 8 nitrogen and oxygen atoms in total. The van der Waals surface area contributed by atoms with Gasteiger partial charge in [0.2, 0.25) is 5.88 Å². The van der Waals surface area contributed by atoms with E-state index in [1.807, 2.05) is 19.9 Å². The van der Waals surface area contributed by atoms with Crippen LogP contribution in [0.25, 0.3) is 0 Å². The Bertz CT molecular complexity index is 1250. The van der Waals surface area contributed by atoms with Crippen LogP contribution in [0, 0.1) is 36.5 Å². The minimum Gasteiger partial charge on any atom is -0.497 e. The Hall–Kier alpha value is -3.95. The molecule has 9 heteroatoms. The van der Waals surface area contributed by atoms with Gasteiger partial charge in [0, 0.05) is 5.69 Å². The van der Waals surface area contributed by atoms with Crippen molar-refractivity contribution in [2.45, 2.75) is 31.7 Å². The third kappa shape index (κ3) is 5.00. The van der Waals surface area contributed by atoms with E-state index in [4.69, 9.17) is 19.9 Å². The highest BCUT2D eigenvalue weighted by Crippen LogP contribution is 2.41. The molecule has 3 rings (SSSR count). The van der Waals surface area contributed by atoms with Crippen LogP contribution in [-0.4, -0.2) is 30.4 Å². The van der Waals surface area contributed by atoms with Crippen molar-refractivity contribution in [3.8, 4) is 17.9 Å². The number of esters is 1. The Balaban J connectivity index is 2.11. The fraction of sp³-hybridized carbons (Fsp3) is 0.280. The summed E-state index contributed by atoms with van der Waals surface area (Å²) in [5.41, 5.74) is 9.12. The zero-order valence-electron chi connectivity index (χ0n) is 19.3. The Morgan fingerprint density at radius 3 is 2.53 bits per heavy atom. The van der Waals surface area contributed by atoms with E-state index in [-0.39, 0.29) is 35.1 Å². The highest BCUT2D eigenvalue weighted by molar-refractivity contribution is 7.99. The molecule has 0 fully saturated rings. The molecule has 2 N–H and O–H groups in total. The summed E-state index contributed by atoms with van der Waals surface area (Å²) in [5.74, 6) is -0.416. The van der Waals surface area contributed by atoms with Gasteiger partial charge in [-0.05, 0) is 50.1 Å². The number of carbonyl (C=O) groups excluding carboxylic acids is 1. The second kappa shape index (κ2) is 10.8. The van der Waals surface area contributed by atoms with Crippen molar-refractivity contribution >= 4 is 17.7 Å². The first kappa shape index (κ1) is 24.7. The zero-order chi connectivity index (χ0) is 24.8. The van der Waals surface area contributed by atoms with E-state index in [0.29, 0.717) is 21.9 Å². The Labute approximate surface area is 202 Å². The van der Waals surface area contributed by atoms with E-state index in [1.54, 1.807) is 38.3 Å². The standard InChI is InChI=1S/C25H24N4O4S/c1-5-32-25(30)22-20(13-34-24-18(11-26)14(2)10-15(3)29-24)33-23(28)19(12-27)21(22)16-6-8-17(31-4)9-7-16/h6-10,21H,5,13,28H2,1-4H3/t21-/m0/s1. The lowest BCUT2D eigenvalue weighted by Gasteiger charge is -2.28. The van der Waals surface area contributed by atoms with Crippen molar-refractivity contribution in [1.82, 2.24) is 4.98 Å². The Kier molecular flexibility index (Phi) is 7.83. The zero-order valence-corrected chi connectivity index (χ0v) is 20.2. The van der Waals surface area contributed by atoms with E-state index >= 15 is 0 Å². The second-order valence-corrected chi connectivity index (χ2v) is 8.38. The number of benzene rings is 1.